The van der Waals surface area contributed by atoms with Gasteiger partial charge in [-0.2, -0.15) is 0 Å². The first-order valence-electron chi connectivity index (χ1n) is 4.86. The topological polar surface area (TPSA) is 89.4 Å². The Morgan fingerprint density at radius 2 is 2.11 bits per heavy atom. The van der Waals surface area contributed by atoms with Crippen LogP contribution in [0.1, 0.15) is 16.5 Å². The minimum atomic E-state index is -0.595. The molecule has 0 bridgehead atoms. The zero-order valence-corrected chi connectivity index (χ0v) is 10.8. The Labute approximate surface area is 113 Å². The fraction of sp³-hybridized carbons (Fsp3) is 0.0909. The highest BCUT2D eigenvalue weighted by Crippen LogP contribution is 2.32. The summed E-state index contributed by atoms with van der Waals surface area (Å²) < 4.78 is 0. The van der Waals surface area contributed by atoms with E-state index in [1.807, 2.05) is 17.5 Å². The molecule has 1 aromatic heterocycles. The first-order chi connectivity index (χ1) is 8.09. The van der Waals surface area contributed by atoms with E-state index in [1.165, 1.54) is 29.5 Å². The van der Waals surface area contributed by atoms with E-state index in [0.29, 0.717) is 5.56 Å². The molecule has 18 heavy (non-hydrogen) atoms. The van der Waals surface area contributed by atoms with Gasteiger partial charge in [0.05, 0.1) is 16.5 Å². The largest absolute Gasteiger partial charge is 0.508 e. The van der Waals surface area contributed by atoms with Gasteiger partial charge in [-0.3, -0.25) is 10.1 Å². The van der Waals surface area contributed by atoms with Crippen LogP contribution in [0.15, 0.2) is 35.7 Å². The molecule has 0 saturated heterocycles. The number of phenolic OH excluding ortho intramolecular Hbond substituents is 1. The second kappa shape index (κ2) is 5.81. The van der Waals surface area contributed by atoms with Crippen molar-refractivity contribution in [3.8, 4) is 5.75 Å². The average molecular weight is 287 g/mol. The molecule has 96 valence electrons. The number of hydrogen-bond acceptors (Lipinski definition) is 5. The maximum Gasteiger partial charge on any atom is 0.274 e. The third-order valence-corrected chi connectivity index (χ3v) is 3.35. The van der Waals surface area contributed by atoms with E-state index in [4.69, 9.17) is 5.73 Å². The van der Waals surface area contributed by atoms with Crippen molar-refractivity contribution in [2.24, 2.45) is 5.73 Å². The van der Waals surface area contributed by atoms with Gasteiger partial charge in [0.25, 0.3) is 5.69 Å². The molecule has 2 rings (SSSR count). The molecular formula is C11H11ClN2O3S. The quantitative estimate of drug-likeness (QED) is 0.670. The van der Waals surface area contributed by atoms with Crippen LogP contribution in [0.4, 0.5) is 5.69 Å². The molecule has 0 aliphatic carbocycles. The number of nitro benzene ring substituents is 1. The lowest BCUT2D eigenvalue weighted by molar-refractivity contribution is -0.385. The normalized spacial score (nSPS) is 11.6. The summed E-state index contributed by atoms with van der Waals surface area (Å²) in [6.45, 7) is 0. The standard InChI is InChI=1S/C11H10N2O3S.ClH/c12-11(10-2-1-5-17-10)8-6-7(14)3-4-9(8)13(15)16;/h1-6,11,14H,12H2;1H/t11-;/m1./s1. The molecule has 1 heterocycles. The van der Waals surface area contributed by atoms with Gasteiger partial charge in [0.2, 0.25) is 0 Å². The van der Waals surface area contributed by atoms with Crippen LogP contribution >= 0.6 is 23.7 Å². The van der Waals surface area contributed by atoms with Crippen molar-refractivity contribution in [1.29, 1.82) is 0 Å². The molecule has 2 aromatic rings. The molecule has 0 aliphatic rings. The van der Waals surface area contributed by atoms with E-state index < -0.39 is 11.0 Å². The van der Waals surface area contributed by atoms with Gasteiger partial charge in [-0.1, -0.05) is 6.07 Å². The Balaban J connectivity index is 0.00000162. The average Bonchev–Trinajstić information content (AvgIpc) is 2.80. The second-order valence-electron chi connectivity index (χ2n) is 3.49. The highest BCUT2D eigenvalue weighted by atomic mass is 35.5. The summed E-state index contributed by atoms with van der Waals surface area (Å²) in [4.78, 5) is 11.2. The predicted octanol–water partition coefficient (Wildman–Crippen LogP) is 2.83. The molecule has 1 aromatic carbocycles. The molecule has 7 heteroatoms. The summed E-state index contributed by atoms with van der Waals surface area (Å²) in [7, 11) is 0. The van der Waals surface area contributed by atoms with E-state index in [9.17, 15) is 15.2 Å². The van der Waals surface area contributed by atoms with Gasteiger partial charge in [0, 0.05) is 10.9 Å². The van der Waals surface area contributed by atoms with Crippen LogP contribution in [-0.4, -0.2) is 10.0 Å². The SMILES string of the molecule is Cl.N[C@@H](c1cccs1)c1cc(O)ccc1[N+](=O)[O-]. The Bertz CT molecular complexity index is 545. The Kier molecular flexibility index (Phi) is 4.66. The molecule has 5 nitrogen and oxygen atoms in total. The maximum absolute atomic E-state index is 10.9. The van der Waals surface area contributed by atoms with Crippen molar-refractivity contribution in [2.45, 2.75) is 6.04 Å². The highest BCUT2D eigenvalue weighted by molar-refractivity contribution is 7.10. The monoisotopic (exact) mass is 286 g/mol. The summed E-state index contributed by atoms with van der Waals surface area (Å²) in [5, 5.41) is 22.1. The minimum absolute atomic E-state index is 0. The van der Waals surface area contributed by atoms with Crippen molar-refractivity contribution in [2.75, 3.05) is 0 Å². The van der Waals surface area contributed by atoms with Gasteiger partial charge in [0.15, 0.2) is 0 Å². The van der Waals surface area contributed by atoms with Gasteiger partial charge in [-0.15, -0.1) is 23.7 Å². The number of nitrogens with two attached hydrogens (primary N) is 1. The molecule has 0 amide bonds. The number of nitrogens with zero attached hydrogens (tertiary/aromatic N) is 1. The lowest BCUT2D eigenvalue weighted by Gasteiger charge is -2.10. The Morgan fingerprint density at radius 1 is 1.39 bits per heavy atom. The number of hydrogen-bond donors (Lipinski definition) is 2. The molecule has 0 saturated carbocycles. The van der Waals surface area contributed by atoms with Crippen LogP contribution in [-0.2, 0) is 0 Å². The summed E-state index contributed by atoms with van der Waals surface area (Å²) >= 11 is 1.42. The molecule has 0 radical (unpaired) electrons. The van der Waals surface area contributed by atoms with E-state index in [0.717, 1.165) is 4.88 Å². The van der Waals surface area contributed by atoms with E-state index in [1.54, 1.807) is 0 Å². The molecule has 0 unspecified atom stereocenters. The van der Waals surface area contributed by atoms with Crippen molar-refractivity contribution in [3.63, 3.8) is 0 Å². The first-order valence-corrected chi connectivity index (χ1v) is 5.74. The molecule has 1 atom stereocenters. The Hall–Kier alpha value is -1.63. The fourth-order valence-corrected chi connectivity index (χ4v) is 2.32. The molecule has 0 spiro atoms. The summed E-state index contributed by atoms with van der Waals surface area (Å²) in [6, 6.07) is 6.92. The van der Waals surface area contributed by atoms with Crippen molar-refractivity contribution >= 4 is 29.4 Å². The van der Waals surface area contributed by atoms with Crippen LogP contribution in [0, 0.1) is 10.1 Å². The second-order valence-corrected chi connectivity index (χ2v) is 4.47. The summed E-state index contributed by atoms with van der Waals surface area (Å²) in [5.74, 6) is -0.0300. The number of rotatable bonds is 3. The van der Waals surface area contributed by atoms with Gasteiger partial charge in [-0.25, -0.2) is 0 Å². The molecular weight excluding hydrogens is 276 g/mol. The summed E-state index contributed by atoms with van der Waals surface area (Å²) in [6.07, 6.45) is 0. The van der Waals surface area contributed by atoms with Crippen molar-refractivity contribution in [1.82, 2.24) is 0 Å². The van der Waals surface area contributed by atoms with Crippen LogP contribution in [0.3, 0.4) is 0 Å². The fourth-order valence-electron chi connectivity index (χ4n) is 1.58. The number of halogens is 1. The van der Waals surface area contributed by atoms with Crippen LogP contribution in [0.5, 0.6) is 5.75 Å². The van der Waals surface area contributed by atoms with Gasteiger partial charge >= 0.3 is 0 Å². The van der Waals surface area contributed by atoms with Crippen LogP contribution in [0.2, 0.25) is 0 Å². The van der Waals surface area contributed by atoms with Gasteiger partial charge < -0.3 is 10.8 Å². The molecule has 0 fully saturated rings. The zero-order chi connectivity index (χ0) is 12.4. The van der Waals surface area contributed by atoms with E-state index >= 15 is 0 Å². The maximum atomic E-state index is 10.9. The first kappa shape index (κ1) is 14.4. The third kappa shape index (κ3) is 2.79. The van der Waals surface area contributed by atoms with Gasteiger partial charge in [-0.05, 0) is 23.6 Å². The number of thiophene rings is 1. The number of aromatic hydroxyl groups is 1. The van der Waals surface area contributed by atoms with Crippen molar-refractivity contribution < 1.29 is 10.0 Å². The number of phenols is 1. The van der Waals surface area contributed by atoms with Crippen LogP contribution in [0.25, 0.3) is 0 Å². The highest BCUT2D eigenvalue weighted by Gasteiger charge is 2.21. The smallest absolute Gasteiger partial charge is 0.274 e. The van der Waals surface area contributed by atoms with Crippen molar-refractivity contribution in [3.05, 3.63) is 56.3 Å². The zero-order valence-electron chi connectivity index (χ0n) is 9.15. The lowest BCUT2D eigenvalue weighted by Crippen LogP contribution is -2.12. The molecule has 3 N–H and O–H groups in total. The van der Waals surface area contributed by atoms with E-state index in [2.05, 4.69) is 0 Å². The lowest BCUT2D eigenvalue weighted by atomic mass is 10.0. The third-order valence-electron chi connectivity index (χ3n) is 2.39. The Morgan fingerprint density at radius 3 is 2.67 bits per heavy atom. The van der Waals surface area contributed by atoms with Crippen LogP contribution < -0.4 is 5.73 Å². The number of nitro groups is 1. The summed E-state index contributed by atoms with van der Waals surface area (Å²) in [5.41, 5.74) is 6.20. The predicted molar refractivity (Wildman–Crippen MR) is 72.4 cm³/mol. The van der Waals surface area contributed by atoms with E-state index in [-0.39, 0.29) is 23.8 Å². The number of benzene rings is 1. The minimum Gasteiger partial charge on any atom is -0.508 e. The molecule has 0 aliphatic heterocycles. The van der Waals surface area contributed by atoms with Gasteiger partial charge in [0.1, 0.15) is 5.75 Å².